The van der Waals surface area contributed by atoms with Crippen LogP contribution in [0.15, 0.2) is 24.3 Å². The molecule has 1 saturated carbocycles. The highest BCUT2D eigenvalue weighted by Gasteiger charge is 2.31. The molecule has 0 radical (unpaired) electrons. The van der Waals surface area contributed by atoms with Gasteiger partial charge in [0.2, 0.25) is 11.8 Å². The Balaban J connectivity index is 1.48. The summed E-state index contributed by atoms with van der Waals surface area (Å²) in [5.74, 6) is -0.0580. The van der Waals surface area contributed by atoms with Crippen molar-refractivity contribution in [3.8, 4) is 0 Å². The third kappa shape index (κ3) is 4.53. The van der Waals surface area contributed by atoms with Crippen molar-refractivity contribution in [2.75, 3.05) is 31.1 Å². The first kappa shape index (κ1) is 18.2. The van der Waals surface area contributed by atoms with E-state index in [1.165, 1.54) is 10.5 Å². The van der Waals surface area contributed by atoms with Crippen LogP contribution < -0.4 is 15.5 Å². The number of nitrogens with one attached hydrogen (secondary N) is 2. The molecular formula is C19H26N4O3. The average Bonchev–Trinajstić information content (AvgIpc) is 3.36. The SMILES string of the molecule is CC(C)c1ccc(N2CCN(CC(=O)NCC(=O)NC3CC3)C2=O)cc1. The van der Waals surface area contributed by atoms with Crippen molar-refractivity contribution in [1.29, 1.82) is 0 Å². The average molecular weight is 358 g/mol. The maximum Gasteiger partial charge on any atom is 0.325 e. The van der Waals surface area contributed by atoms with E-state index in [2.05, 4.69) is 24.5 Å². The highest BCUT2D eigenvalue weighted by Crippen LogP contribution is 2.23. The number of urea groups is 1. The summed E-state index contributed by atoms with van der Waals surface area (Å²) in [6, 6.07) is 8.04. The Labute approximate surface area is 153 Å². The third-order valence-electron chi connectivity index (χ3n) is 4.69. The van der Waals surface area contributed by atoms with Crippen molar-refractivity contribution >= 4 is 23.5 Å². The third-order valence-corrected chi connectivity index (χ3v) is 4.69. The molecule has 1 aromatic carbocycles. The summed E-state index contributed by atoms with van der Waals surface area (Å²) >= 11 is 0. The lowest BCUT2D eigenvalue weighted by atomic mass is 10.0. The molecule has 0 aromatic heterocycles. The lowest BCUT2D eigenvalue weighted by Crippen LogP contribution is -2.43. The van der Waals surface area contributed by atoms with Crippen molar-refractivity contribution in [1.82, 2.24) is 15.5 Å². The molecule has 1 saturated heterocycles. The van der Waals surface area contributed by atoms with Gasteiger partial charge in [-0.3, -0.25) is 14.5 Å². The number of benzene rings is 1. The van der Waals surface area contributed by atoms with Gasteiger partial charge in [-0.1, -0.05) is 26.0 Å². The molecule has 2 N–H and O–H groups in total. The van der Waals surface area contributed by atoms with Crippen LogP contribution in [0.2, 0.25) is 0 Å². The number of nitrogens with zero attached hydrogens (tertiary/aromatic N) is 2. The van der Waals surface area contributed by atoms with Gasteiger partial charge < -0.3 is 15.5 Å². The van der Waals surface area contributed by atoms with Gasteiger partial charge in [0.15, 0.2) is 0 Å². The normalized spacial score (nSPS) is 17.0. The van der Waals surface area contributed by atoms with E-state index in [-0.39, 0.29) is 37.0 Å². The standard InChI is InChI=1S/C19H26N4O3/c1-13(2)14-3-7-16(8-4-14)23-10-9-22(19(23)26)12-18(25)20-11-17(24)21-15-5-6-15/h3-4,7-8,13,15H,5-6,9-12H2,1-2H3,(H,20,25)(H,21,24). The smallest absolute Gasteiger partial charge is 0.325 e. The van der Waals surface area contributed by atoms with Gasteiger partial charge >= 0.3 is 6.03 Å². The fourth-order valence-corrected chi connectivity index (χ4v) is 2.92. The van der Waals surface area contributed by atoms with E-state index >= 15 is 0 Å². The second-order valence-corrected chi connectivity index (χ2v) is 7.22. The molecule has 140 valence electrons. The molecule has 0 spiro atoms. The Morgan fingerprint density at radius 3 is 2.42 bits per heavy atom. The highest BCUT2D eigenvalue weighted by atomic mass is 16.2. The fourth-order valence-electron chi connectivity index (χ4n) is 2.92. The van der Waals surface area contributed by atoms with Crippen LogP contribution in [-0.4, -0.2) is 55.0 Å². The minimum absolute atomic E-state index is 0.0316. The van der Waals surface area contributed by atoms with Gasteiger partial charge in [-0.15, -0.1) is 0 Å². The van der Waals surface area contributed by atoms with Crippen LogP contribution >= 0.6 is 0 Å². The Kier molecular flexibility index (Phi) is 5.44. The van der Waals surface area contributed by atoms with E-state index in [0.29, 0.717) is 19.0 Å². The molecule has 1 aromatic rings. The van der Waals surface area contributed by atoms with Gasteiger partial charge in [0.05, 0.1) is 6.54 Å². The molecule has 0 unspecified atom stereocenters. The Morgan fingerprint density at radius 2 is 1.81 bits per heavy atom. The minimum atomic E-state index is -0.318. The monoisotopic (exact) mass is 358 g/mol. The second-order valence-electron chi connectivity index (χ2n) is 7.22. The van der Waals surface area contributed by atoms with Crippen LogP contribution in [0.3, 0.4) is 0 Å². The predicted octanol–water partition coefficient (Wildman–Crippen LogP) is 1.45. The zero-order chi connectivity index (χ0) is 18.7. The number of anilines is 1. The van der Waals surface area contributed by atoms with Gasteiger partial charge in [0.1, 0.15) is 6.54 Å². The van der Waals surface area contributed by atoms with E-state index < -0.39 is 0 Å². The maximum atomic E-state index is 12.5. The Morgan fingerprint density at radius 1 is 1.12 bits per heavy atom. The summed E-state index contributed by atoms with van der Waals surface area (Å²) in [5, 5.41) is 5.38. The Bertz CT molecular complexity index is 683. The predicted molar refractivity (Wildman–Crippen MR) is 99.0 cm³/mol. The van der Waals surface area contributed by atoms with Crippen LogP contribution in [-0.2, 0) is 9.59 Å². The summed E-state index contributed by atoms with van der Waals surface area (Å²) < 4.78 is 0. The molecule has 1 aliphatic carbocycles. The number of hydrogen-bond donors (Lipinski definition) is 2. The van der Waals surface area contributed by atoms with Gasteiger partial charge in [0, 0.05) is 24.8 Å². The molecule has 0 atom stereocenters. The van der Waals surface area contributed by atoms with E-state index in [9.17, 15) is 14.4 Å². The van der Waals surface area contributed by atoms with E-state index in [0.717, 1.165) is 18.5 Å². The Hall–Kier alpha value is -2.57. The molecule has 26 heavy (non-hydrogen) atoms. The van der Waals surface area contributed by atoms with Crippen molar-refractivity contribution in [2.45, 2.75) is 38.6 Å². The van der Waals surface area contributed by atoms with Gasteiger partial charge in [0.25, 0.3) is 0 Å². The minimum Gasteiger partial charge on any atom is -0.352 e. The van der Waals surface area contributed by atoms with Gasteiger partial charge in [-0.25, -0.2) is 4.79 Å². The van der Waals surface area contributed by atoms with Crippen molar-refractivity contribution < 1.29 is 14.4 Å². The molecule has 1 heterocycles. The van der Waals surface area contributed by atoms with Gasteiger partial charge in [-0.05, 0) is 36.5 Å². The lowest BCUT2D eigenvalue weighted by molar-refractivity contribution is -0.126. The maximum absolute atomic E-state index is 12.5. The van der Waals surface area contributed by atoms with E-state index in [1.807, 2.05) is 24.3 Å². The molecule has 3 rings (SSSR count). The molecule has 2 fully saturated rings. The molecule has 0 bridgehead atoms. The first-order valence-corrected chi connectivity index (χ1v) is 9.16. The quantitative estimate of drug-likeness (QED) is 0.774. The summed E-state index contributed by atoms with van der Waals surface area (Å²) in [5.41, 5.74) is 2.06. The van der Waals surface area contributed by atoms with Crippen LogP contribution in [0.4, 0.5) is 10.5 Å². The first-order chi connectivity index (χ1) is 12.4. The van der Waals surface area contributed by atoms with E-state index in [4.69, 9.17) is 0 Å². The number of carbonyl (C=O) groups is 3. The summed E-state index contributed by atoms with van der Waals surface area (Å²) in [6.07, 6.45) is 2.02. The summed E-state index contributed by atoms with van der Waals surface area (Å²) in [7, 11) is 0. The summed E-state index contributed by atoms with van der Waals surface area (Å²) in [6.45, 7) is 5.22. The lowest BCUT2D eigenvalue weighted by Gasteiger charge is -2.19. The largest absolute Gasteiger partial charge is 0.352 e. The molecular weight excluding hydrogens is 332 g/mol. The van der Waals surface area contributed by atoms with Crippen LogP contribution in [0.25, 0.3) is 0 Å². The van der Waals surface area contributed by atoms with Crippen LogP contribution in [0.5, 0.6) is 0 Å². The molecule has 4 amide bonds. The number of rotatable bonds is 7. The summed E-state index contributed by atoms with van der Waals surface area (Å²) in [4.78, 5) is 39.3. The first-order valence-electron chi connectivity index (χ1n) is 9.16. The number of hydrogen-bond acceptors (Lipinski definition) is 3. The van der Waals surface area contributed by atoms with Gasteiger partial charge in [-0.2, -0.15) is 0 Å². The fraction of sp³-hybridized carbons (Fsp3) is 0.526. The van der Waals surface area contributed by atoms with Crippen molar-refractivity contribution in [3.63, 3.8) is 0 Å². The van der Waals surface area contributed by atoms with Crippen LogP contribution in [0.1, 0.15) is 38.2 Å². The molecule has 7 heteroatoms. The van der Waals surface area contributed by atoms with Crippen molar-refractivity contribution in [3.05, 3.63) is 29.8 Å². The number of carbonyl (C=O) groups excluding carboxylic acids is 3. The number of amides is 4. The topological polar surface area (TPSA) is 81.8 Å². The van der Waals surface area contributed by atoms with E-state index in [1.54, 1.807) is 4.90 Å². The highest BCUT2D eigenvalue weighted by molar-refractivity contribution is 5.96. The zero-order valence-electron chi connectivity index (χ0n) is 15.3. The molecule has 1 aliphatic heterocycles. The second kappa shape index (κ2) is 7.76. The van der Waals surface area contributed by atoms with Crippen molar-refractivity contribution in [2.24, 2.45) is 0 Å². The van der Waals surface area contributed by atoms with Crippen LogP contribution in [0, 0.1) is 0 Å². The molecule has 7 nitrogen and oxygen atoms in total. The molecule has 2 aliphatic rings. The zero-order valence-corrected chi connectivity index (χ0v) is 15.3.